The zero-order valence-electron chi connectivity index (χ0n) is 10.8. The number of hydrogen-bond acceptors (Lipinski definition) is 3. The standard InChI is InChI=1S/C15H17NO2/c1-10-5-4-6-14(11(10)2)18-15-8-7-13(9-16-15)12(3)17/h4-9,12,17H,1-3H3/t12-/m0/s1. The molecule has 2 rings (SSSR count). The number of hydrogen-bond donors (Lipinski definition) is 1. The minimum Gasteiger partial charge on any atom is -0.439 e. The Balaban J connectivity index is 2.21. The molecule has 0 unspecified atom stereocenters. The largest absolute Gasteiger partial charge is 0.439 e. The monoisotopic (exact) mass is 243 g/mol. The van der Waals surface area contributed by atoms with E-state index in [1.165, 1.54) is 5.56 Å². The fourth-order valence-electron chi connectivity index (χ4n) is 1.65. The van der Waals surface area contributed by atoms with Crippen molar-refractivity contribution in [2.75, 3.05) is 0 Å². The molecule has 0 aliphatic rings. The molecule has 0 aliphatic carbocycles. The van der Waals surface area contributed by atoms with Crippen molar-refractivity contribution in [3.05, 3.63) is 53.2 Å². The second-order valence-corrected chi connectivity index (χ2v) is 4.41. The molecule has 0 radical (unpaired) electrons. The maximum atomic E-state index is 9.40. The van der Waals surface area contributed by atoms with Gasteiger partial charge >= 0.3 is 0 Å². The van der Waals surface area contributed by atoms with Gasteiger partial charge in [-0.2, -0.15) is 0 Å². The van der Waals surface area contributed by atoms with Crippen molar-refractivity contribution in [3.8, 4) is 11.6 Å². The summed E-state index contributed by atoms with van der Waals surface area (Å²) in [4.78, 5) is 4.18. The molecule has 94 valence electrons. The van der Waals surface area contributed by atoms with Gasteiger partial charge in [-0.1, -0.05) is 12.1 Å². The van der Waals surface area contributed by atoms with E-state index in [1.807, 2.05) is 38.1 Å². The zero-order valence-corrected chi connectivity index (χ0v) is 10.8. The fourth-order valence-corrected chi connectivity index (χ4v) is 1.65. The maximum Gasteiger partial charge on any atom is 0.219 e. The summed E-state index contributed by atoms with van der Waals surface area (Å²) >= 11 is 0. The number of nitrogens with zero attached hydrogens (tertiary/aromatic N) is 1. The number of aliphatic hydroxyl groups excluding tert-OH is 1. The third-order valence-corrected chi connectivity index (χ3v) is 3.01. The van der Waals surface area contributed by atoms with Gasteiger partial charge in [0.05, 0.1) is 6.10 Å². The first-order valence-corrected chi connectivity index (χ1v) is 5.96. The van der Waals surface area contributed by atoms with Crippen LogP contribution in [0.2, 0.25) is 0 Å². The van der Waals surface area contributed by atoms with Gasteiger partial charge < -0.3 is 9.84 Å². The molecule has 18 heavy (non-hydrogen) atoms. The van der Waals surface area contributed by atoms with Crippen LogP contribution in [-0.4, -0.2) is 10.1 Å². The van der Waals surface area contributed by atoms with Crippen LogP contribution >= 0.6 is 0 Å². The number of pyridine rings is 1. The Morgan fingerprint density at radius 3 is 2.56 bits per heavy atom. The number of benzene rings is 1. The van der Waals surface area contributed by atoms with E-state index in [0.717, 1.165) is 16.9 Å². The first-order chi connectivity index (χ1) is 8.58. The highest BCUT2D eigenvalue weighted by Crippen LogP contribution is 2.26. The van der Waals surface area contributed by atoms with E-state index < -0.39 is 6.10 Å². The molecule has 0 saturated heterocycles. The van der Waals surface area contributed by atoms with Gasteiger partial charge in [-0.05, 0) is 49.6 Å². The Kier molecular flexibility index (Phi) is 3.63. The predicted octanol–water partition coefficient (Wildman–Crippen LogP) is 3.54. The van der Waals surface area contributed by atoms with Crippen LogP contribution in [0.15, 0.2) is 36.5 Å². The Morgan fingerprint density at radius 2 is 1.94 bits per heavy atom. The first-order valence-electron chi connectivity index (χ1n) is 5.96. The lowest BCUT2D eigenvalue weighted by Gasteiger charge is -2.10. The lowest BCUT2D eigenvalue weighted by atomic mass is 10.1. The topological polar surface area (TPSA) is 42.4 Å². The van der Waals surface area contributed by atoms with Crippen LogP contribution in [0.1, 0.15) is 29.7 Å². The van der Waals surface area contributed by atoms with Gasteiger partial charge in [0, 0.05) is 12.3 Å². The van der Waals surface area contributed by atoms with Gasteiger partial charge in [-0.3, -0.25) is 0 Å². The van der Waals surface area contributed by atoms with Crippen LogP contribution < -0.4 is 4.74 Å². The zero-order chi connectivity index (χ0) is 13.1. The maximum absolute atomic E-state index is 9.40. The van der Waals surface area contributed by atoms with E-state index in [1.54, 1.807) is 19.2 Å². The van der Waals surface area contributed by atoms with E-state index in [-0.39, 0.29) is 0 Å². The summed E-state index contributed by atoms with van der Waals surface area (Å²) in [6.45, 7) is 5.78. The third-order valence-electron chi connectivity index (χ3n) is 3.01. The van der Waals surface area contributed by atoms with Crippen molar-refractivity contribution in [2.24, 2.45) is 0 Å². The van der Waals surface area contributed by atoms with Crippen LogP contribution in [0.25, 0.3) is 0 Å². The molecule has 0 saturated carbocycles. The molecule has 0 bridgehead atoms. The van der Waals surface area contributed by atoms with Gasteiger partial charge in [0.15, 0.2) is 0 Å². The van der Waals surface area contributed by atoms with E-state index in [9.17, 15) is 5.11 Å². The van der Waals surface area contributed by atoms with Crippen molar-refractivity contribution in [1.29, 1.82) is 0 Å². The quantitative estimate of drug-likeness (QED) is 0.896. The van der Waals surface area contributed by atoms with E-state index in [0.29, 0.717) is 5.88 Å². The molecule has 1 heterocycles. The van der Waals surface area contributed by atoms with Crippen LogP contribution in [0.5, 0.6) is 11.6 Å². The molecule has 1 aromatic carbocycles. The number of rotatable bonds is 3. The minimum absolute atomic E-state index is 0.507. The van der Waals surface area contributed by atoms with Crippen LogP contribution in [-0.2, 0) is 0 Å². The van der Waals surface area contributed by atoms with Gasteiger partial charge in [0.2, 0.25) is 5.88 Å². The summed E-state index contributed by atoms with van der Waals surface area (Å²) in [5, 5.41) is 9.40. The molecule has 3 heteroatoms. The van der Waals surface area contributed by atoms with Gasteiger partial charge in [-0.25, -0.2) is 4.98 Å². The molecular formula is C15H17NO2. The Labute approximate surface area is 107 Å². The molecule has 2 aromatic rings. The summed E-state index contributed by atoms with van der Waals surface area (Å²) in [5.41, 5.74) is 3.08. The number of aliphatic hydroxyl groups is 1. The molecule has 1 aromatic heterocycles. The molecule has 3 nitrogen and oxygen atoms in total. The average molecular weight is 243 g/mol. The first kappa shape index (κ1) is 12.6. The molecule has 0 spiro atoms. The normalized spacial score (nSPS) is 12.2. The van der Waals surface area contributed by atoms with Gasteiger partial charge in [-0.15, -0.1) is 0 Å². The molecular weight excluding hydrogens is 226 g/mol. The van der Waals surface area contributed by atoms with E-state index >= 15 is 0 Å². The summed E-state index contributed by atoms with van der Waals surface area (Å²) in [6, 6.07) is 9.52. The highest BCUT2D eigenvalue weighted by atomic mass is 16.5. The molecule has 0 aliphatic heterocycles. The molecule has 0 fully saturated rings. The van der Waals surface area contributed by atoms with Crippen LogP contribution in [0.4, 0.5) is 0 Å². The summed E-state index contributed by atoms with van der Waals surface area (Å²) in [5.74, 6) is 1.35. The lowest BCUT2D eigenvalue weighted by molar-refractivity contribution is 0.198. The summed E-state index contributed by atoms with van der Waals surface area (Å²) in [7, 11) is 0. The summed E-state index contributed by atoms with van der Waals surface area (Å²) in [6.07, 6.45) is 1.12. The number of ether oxygens (including phenoxy) is 1. The Hall–Kier alpha value is -1.87. The van der Waals surface area contributed by atoms with E-state index in [2.05, 4.69) is 4.98 Å². The van der Waals surface area contributed by atoms with Crippen LogP contribution in [0.3, 0.4) is 0 Å². The van der Waals surface area contributed by atoms with Gasteiger partial charge in [0.1, 0.15) is 5.75 Å². The van der Waals surface area contributed by atoms with E-state index in [4.69, 9.17) is 4.74 Å². The second-order valence-electron chi connectivity index (χ2n) is 4.41. The van der Waals surface area contributed by atoms with Crippen molar-refractivity contribution in [2.45, 2.75) is 26.9 Å². The smallest absolute Gasteiger partial charge is 0.219 e. The number of aromatic nitrogens is 1. The fraction of sp³-hybridized carbons (Fsp3) is 0.267. The molecule has 0 amide bonds. The Morgan fingerprint density at radius 1 is 1.17 bits per heavy atom. The Bertz CT molecular complexity index is 533. The molecule has 1 N–H and O–H groups in total. The van der Waals surface area contributed by atoms with Gasteiger partial charge in [0.25, 0.3) is 0 Å². The van der Waals surface area contributed by atoms with Crippen LogP contribution in [0, 0.1) is 13.8 Å². The SMILES string of the molecule is Cc1cccc(Oc2ccc([C@H](C)O)cn2)c1C. The predicted molar refractivity (Wildman–Crippen MR) is 70.9 cm³/mol. The minimum atomic E-state index is -0.507. The lowest BCUT2D eigenvalue weighted by Crippen LogP contribution is -1.95. The van der Waals surface area contributed by atoms with Crippen molar-refractivity contribution >= 4 is 0 Å². The number of aryl methyl sites for hydroxylation is 1. The van der Waals surface area contributed by atoms with Crippen molar-refractivity contribution in [3.63, 3.8) is 0 Å². The summed E-state index contributed by atoms with van der Waals surface area (Å²) < 4.78 is 5.73. The highest BCUT2D eigenvalue weighted by Gasteiger charge is 2.05. The third kappa shape index (κ3) is 2.68. The second kappa shape index (κ2) is 5.19. The highest BCUT2D eigenvalue weighted by molar-refractivity contribution is 5.40. The van der Waals surface area contributed by atoms with Crippen molar-refractivity contribution in [1.82, 2.24) is 4.98 Å². The molecule has 1 atom stereocenters. The average Bonchev–Trinajstić information content (AvgIpc) is 2.36. The van der Waals surface area contributed by atoms with Crippen molar-refractivity contribution < 1.29 is 9.84 Å².